The first-order valence-electron chi connectivity index (χ1n) is 13.7. The highest BCUT2D eigenvalue weighted by atomic mass is 31.1. The van der Waals surface area contributed by atoms with E-state index >= 15 is 0 Å². The molecule has 0 radical (unpaired) electrons. The highest BCUT2D eigenvalue weighted by Crippen LogP contribution is 2.38. The number of piperidine rings is 1. The highest BCUT2D eigenvalue weighted by molar-refractivity contribution is 7.20. The van der Waals surface area contributed by atoms with Gasteiger partial charge in [0.25, 0.3) is 8.61 Å². The van der Waals surface area contributed by atoms with Gasteiger partial charge in [-0.05, 0) is 88.0 Å². The van der Waals surface area contributed by atoms with E-state index in [4.69, 9.17) is 14.3 Å². The average Bonchev–Trinajstić information content (AvgIpc) is 3.35. The molecule has 0 aliphatic carbocycles. The Morgan fingerprint density at radius 2 is 2.00 bits per heavy atom. The lowest BCUT2D eigenvalue weighted by Gasteiger charge is -2.26. The second-order valence-corrected chi connectivity index (χ2v) is 10.8. The number of nitrogens with one attached hydrogen (secondary N) is 1. The van der Waals surface area contributed by atoms with Gasteiger partial charge in [0.05, 0.1) is 0 Å². The van der Waals surface area contributed by atoms with E-state index in [1.807, 2.05) is 45.0 Å². The van der Waals surface area contributed by atoms with E-state index in [0.717, 1.165) is 70.6 Å². The van der Waals surface area contributed by atoms with Crippen molar-refractivity contribution < 1.29 is 33.6 Å². The molecule has 0 amide bonds. The molecule has 2 aliphatic heterocycles. The monoisotopic (exact) mass is 568 g/mol. The Hall–Kier alpha value is -3.26. The fraction of sp³-hybridized carbons (Fsp3) is 0.467. The van der Waals surface area contributed by atoms with Gasteiger partial charge in [-0.15, -0.1) is 0 Å². The molecule has 2 heterocycles. The lowest BCUT2D eigenvalue weighted by molar-refractivity contribution is -0.160. The summed E-state index contributed by atoms with van der Waals surface area (Å²) in [7, 11) is -0.460. The van der Waals surface area contributed by atoms with E-state index in [1.165, 1.54) is 0 Å². The van der Waals surface area contributed by atoms with Crippen LogP contribution in [0.15, 0.2) is 35.9 Å². The number of benzene rings is 2. The lowest BCUT2D eigenvalue weighted by Crippen LogP contribution is -2.40. The van der Waals surface area contributed by atoms with Crippen molar-refractivity contribution in [1.82, 2.24) is 10.2 Å². The predicted molar refractivity (Wildman–Crippen MR) is 150 cm³/mol. The third-order valence-corrected chi connectivity index (χ3v) is 8.20. The Labute approximate surface area is 236 Å². The second-order valence-electron chi connectivity index (χ2n) is 10.3. The smallest absolute Gasteiger partial charge is 0.342 e. The molecule has 2 aromatic rings. The van der Waals surface area contributed by atoms with Crippen molar-refractivity contribution in [3.63, 3.8) is 0 Å². The van der Waals surface area contributed by atoms with Crippen LogP contribution in [0, 0.1) is 6.92 Å². The number of ether oxygens (including phenoxy) is 2. The molecule has 0 unspecified atom stereocenters. The Kier molecular flexibility index (Phi) is 9.95. The van der Waals surface area contributed by atoms with Crippen molar-refractivity contribution >= 4 is 20.5 Å². The maximum Gasteiger partial charge on any atom is 0.342 e. The van der Waals surface area contributed by atoms with Gasteiger partial charge in [0.1, 0.15) is 24.0 Å². The zero-order valence-corrected chi connectivity index (χ0v) is 24.4. The molecular formula is C30H37N2O7P. The summed E-state index contributed by atoms with van der Waals surface area (Å²) < 4.78 is 22.8. The predicted octanol–water partition coefficient (Wildman–Crippen LogP) is 5.15. The van der Waals surface area contributed by atoms with E-state index < -0.39 is 26.6 Å². The quantitative estimate of drug-likeness (QED) is 0.164. The molecule has 2 aliphatic rings. The number of hydroxylamine groups is 1. The van der Waals surface area contributed by atoms with Gasteiger partial charge in [-0.1, -0.05) is 36.8 Å². The van der Waals surface area contributed by atoms with Crippen LogP contribution in [0.3, 0.4) is 0 Å². The molecule has 0 aromatic heterocycles. The third kappa shape index (κ3) is 6.54. The zero-order valence-electron chi connectivity index (χ0n) is 23.5. The Morgan fingerprint density at radius 3 is 2.70 bits per heavy atom. The number of hydrogen-bond donors (Lipinski definition) is 2. The first-order chi connectivity index (χ1) is 19.2. The highest BCUT2D eigenvalue weighted by Gasteiger charge is 2.31. The zero-order chi connectivity index (χ0) is 28.8. The summed E-state index contributed by atoms with van der Waals surface area (Å²) >= 11 is 0. The number of carbonyl (C=O) groups is 2. The average molecular weight is 569 g/mol. The van der Waals surface area contributed by atoms with E-state index in [0.29, 0.717) is 18.6 Å². The minimum Gasteiger partial charge on any atom is -0.507 e. The molecule has 9 nitrogen and oxygen atoms in total. The molecule has 4 rings (SSSR count). The first-order valence-corrected chi connectivity index (χ1v) is 14.5. The molecular weight excluding hydrogens is 531 g/mol. The number of cyclic esters (lactones) is 1. The molecule has 1 saturated heterocycles. The topological polar surface area (TPSA) is 114 Å². The van der Waals surface area contributed by atoms with Gasteiger partial charge in [0, 0.05) is 16.7 Å². The van der Waals surface area contributed by atoms with E-state index in [9.17, 15) is 19.3 Å². The van der Waals surface area contributed by atoms with Crippen molar-refractivity contribution in [2.24, 2.45) is 0 Å². The van der Waals surface area contributed by atoms with Crippen molar-refractivity contribution in [3.8, 4) is 11.5 Å². The number of nitrogens with zero attached hydrogens (tertiary/aromatic N) is 1. The molecule has 0 spiro atoms. The van der Waals surface area contributed by atoms with Crippen LogP contribution < -0.4 is 10.2 Å². The van der Waals surface area contributed by atoms with Crippen LogP contribution in [0.2, 0.25) is 0 Å². The number of para-hydroxylation sites is 1. The van der Waals surface area contributed by atoms with Crippen LogP contribution in [0.1, 0.15) is 71.8 Å². The van der Waals surface area contributed by atoms with E-state index in [1.54, 1.807) is 13.0 Å². The molecule has 0 saturated carbocycles. The summed E-state index contributed by atoms with van der Waals surface area (Å²) in [4.78, 5) is 32.0. The van der Waals surface area contributed by atoms with Gasteiger partial charge in [-0.2, -0.15) is 0 Å². The van der Waals surface area contributed by atoms with Crippen LogP contribution >= 0.6 is 8.61 Å². The SMILES string of the molecule is CCc1c(C)c2c(c(O)c1CC=C(C)Cc1ccccc1ON(P=O)[C@@H](C)C(=O)OC1CCNCC1)C(=O)OC2. The Balaban J connectivity index is 1.47. The van der Waals surface area contributed by atoms with Gasteiger partial charge in [-0.3, -0.25) is 9.36 Å². The molecule has 214 valence electrons. The van der Waals surface area contributed by atoms with Crippen molar-refractivity contribution in [2.75, 3.05) is 13.1 Å². The molecule has 10 heteroatoms. The maximum atomic E-state index is 12.7. The molecule has 2 N–H and O–H groups in total. The van der Waals surface area contributed by atoms with Crippen molar-refractivity contribution in [1.29, 1.82) is 0 Å². The molecule has 0 bridgehead atoms. The molecule has 1 fully saturated rings. The third-order valence-electron chi connectivity index (χ3n) is 7.61. The summed E-state index contributed by atoms with van der Waals surface area (Å²) in [5.41, 5.74) is 5.66. The van der Waals surface area contributed by atoms with Gasteiger partial charge in [-0.25, -0.2) is 4.79 Å². The Bertz CT molecular complexity index is 1300. The summed E-state index contributed by atoms with van der Waals surface area (Å²) in [5, 5.41) is 14.2. The van der Waals surface area contributed by atoms with Gasteiger partial charge in [0.2, 0.25) is 0 Å². The second kappa shape index (κ2) is 13.4. The molecule has 1 atom stereocenters. The number of rotatable bonds is 11. The summed E-state index contributed by atoms with van der Waals surface area (Å²) in [6.07, 6.45) is 5.07. The Morgan fingerprint density at radius 1 is 1.27 bits per heavy atom. The van der Waals surface area contributed by atoms with Gasteiger partial charge in [0.15, 0.2) is 11.8 Å². The van der Waals surface area contributed by atoms with Crippen LogP contribution in [0.4, 0.5) is 0 Å². The van der Waals surface area contributed by atoms with Crippen molar-refractivity contribution in [2.45, 2.75) is 78.6 Å². The number of fused-ring (bicyclic) bond motifs is 1. The van der Waals surface area contributed by atoms with Crippen molar-refractivity contribution in [3.05, 3.63) is 69.3 Å². The summed E-state index contributed by atoms with van der Waals surface area (Å²) in [6.45, 7) is 9.38. The first kappa shape index (κ1) is 29.7. The number of aromatic hydroxyl groups is 1. The van der Waals surface area contributed by atoms with Crippen LogP contribution in [0.5, 0.6) is 11.5 Å². The largest absolute Gasteiger partial charge is 0.507 e. The standard InChI is InChI=1S/C30H37N2O7P/c1-5-23-19(3)25-17-37-30(35)27(25)28(33)24(23)11-10-18(2)16-21-8-6-7-9-26(21)39-32(40-36)20(4)29(34)38-22-12-14-31-15-13-22/h6-10,20,22,31,33H,5,11-17H2,1-4H3/t20-/m0/s1. The van der Waals surface area contributed by atoms with Crippen LogP contribution in [0.25, 0.3) is 0 Å². The van der Waals surface area contributed by atoms with Crippen LogP contribution in [-0.2, 0) is 44.7 Å². The minimum absolute atomic E-state index is 0.00296. The fourth-order valence-electron chi connectivity index (χ4n) is 5.26. The number of carbonyl (C=O) groups excluding carboxylic acids is 2. The number of esters is 2. The van der Waals surface area contributed by atoms with E-state index in [-0.39, 0.29) is 24.0 Å². The maximum absolute atomic E-state index is 12.7. The van der Waals surface area contributed by atoms with Crippen LogP contribution in [-0.4, -0.2) is 47.1 Å². The van der Waals surface area contributed by atoms with E-state index in [2.05, 4.69) is 5.32 Å². The molecule has 40 heavy (non-hydrogen) atoms. The molecule has 2 aromatic carbocycles. The summed E-state index contributed by atoms with van der Waals surface area (Å²) in [5.74, 6) is -0.484. The van der Waals surface area contributed by atoms with Gasteiger partial charge >= 0.3 is 11.9 Å². The normalized spacial score (nSPS) is 16.6. The summed E-state index contributed by atoms with van der Waals surface area (Å²) in [6, 6.07) is 6.51. The van der Waals surface area contributed by atoms with Gasteiger partial charge < -0.3 is 24.7 Å². The number of hydrogen-bond acceptors (Lipinski definition) is 8. The number of phenolic OH excluding ortho intramolecular Hbond substituents is 1. The fourth-order valence-corrected chi connectivity index (χ4v) is 5.62. The number of allylic oxidation sites excluding steroid dienone is 2. The minimum atomic E-state index is -0.871. The lowest BCUT2D eigenvalue weighted by atomic mass is 9.89. The number of phenols is 1.